The van der Waals surface area contributed by atoms with Crippen LogP contribution in [0.15, 0.2) is 47.4 Å². The molecule has 1 saturated heterocycles. The van der Waals surface area contributed by atoms with Crippen molar-refractivity contribution in [3.05, 3.63) is 69.9 Å². The molecule has 0 bridgehead atoms. The van der Waals surface area contributed by atoms with Crippen LogP contribution in [-0.4, -0.2) is 23.2 Å². The number of rotatable bonds is 4. The summed E-state index contributed by atoms with van der Waals surface area (Å²) in [5.74, 6) is 0.0178. The van der Waals surface area contributed by atoms with Crippen LogP contribution >= 0.6 is 11.8 Å². The Morgan fingerprint density at radius 1 is 1.16 bits per heavy atom. The number of amides is 2. The topological polar surface area (TPSA) is 46.6 Å². The zero-order chi connectivity index (χ0) is 18.0. The van der Waals surface area contributed by atoms with Crippen molar-refractivity contribution in [3.63, 3.8) is 0 Å². The molecule has 3 rings (SSSR count). The molecule has 6 heteroatoms. The summed E-state index contributed by atoms with van der Waals surface area (Å²) < 4.78 is 18.3. The third-order valence-electron chi connectivity index (χ3n) is 3.86. The van der Waals surface area contributed by atoms with Gasteiger partial charge in [0.15, 0.2) is 0 Å². The Balaban J connectivity index is 1.82. The van der Waals surface area contributed by atoms with Gasteiger partial charge in [-0.25, -0.2) is 4.39 Å². The van der Waals surface area contributed by atoms with Gasteiger partial charge < -0.3 is 4.74 Å². The number of nitrogens with zero attached hydrogens (tertiary/aromatic N) is 1. The van der Waals surface area contributed by atoms with E-state index in [1.54, 1.807) is 25.3 Å². The molecule has 1 aliphatic rings. The smallest absolute Gasteiger partial charge is 0.293 e. The van der Waals surface area contributed by atoms with Gasteiger partial charge in [-0.1, -0.05) is 24.3 Å². The zero-order valence-electron chi connectivity index (χ0n) is 13.8. The highest BCUT2D eigenvalue weighted by molar-refractivity contribution is 8.18. The number of methoxy groups -OCH3 is 1. The summed E-state index contributed by atoms with van der Waals surface area (Å²) in [5.41, 5.74) is 2.47. The average Bonchev–Trinajstić information content (AvgIpc) is 2.86. The fourth-order valence-corrected chi connectivity index (χ4v) is 3.32. The molecule has 1 aliphatic heterocycles. The second-order valence-electron chi connectivity index (χ2n) is 5.62. The van der Waals surface area contributed by atoms with Crippen molar-refractivity contribution in [2.45, 2.75) is 13.5 Å². The van der Waals surface area contributed by atoms with E-state index in [1.165, 1.54) is 12.1 Å². The molecule has 0 spiro atoms. The van der Waals surface area contributed by atoms with E-state index in [1.807, 2.05) is 25.1 Å². The van der Waals surface area contributed by atoms with E-state index in [0.29, 0.717) is 10.5 Å². The standard InChI is InChI=1S/C19H16FNO3S/c1-12-3-4-14(9-16(12)24-2)10-17-18(22)21(19(23)25-17)11-13-5-7-15(20)8-6-13/h3-10H,11H2,1-2H3/b17-10+. The first-order chi connectivity index (χ1) is 12.0. The number of hydrogen-bond donors (Lipinski definition) is 0. The molecule has 25 heavy (non-hydrogen) atoms. The molecular weight excluding hydrogens is 341 g/mol. The van der Waals surface area contributed by atoms with E-state index in [4.69, 9.17) is 4.74 Å². The highest BCUT2D eigenvalue weighted by atomic mass is 32.2. The molecule has 1 fully saturated rings. The van der Waals surface area contributed by atoms with Crippen LogP contribution < -0.4 is 4.74 Å². The average molecular weight is 357 g/mol. The summed E-state index contributed by atoms with van der Waals surface area (Å²) in [6.07, 6.45) is 1.68. The third-order valence-corrected chi connectivity index (χ3v) is 4.76. The number of hydrogen-bond acceptors (Lipinski definition) is 4. The van der Waals surface area contributed by atoms with Gasteiger partial charge in [0.1, 0.15) is 11.6 Å². The lowest BCUT2D eigenvalue weighted by Gasteiger charge is -2.12. The van der Waals surface area contributed by atoms with Gasteiger partial charge in [-0.2, -0.15) is 0 Å². The molecule has 2 aromatic rings. The second kappa shape index (κ2) is 7.11. The number of carbonyl (C=O) groups is 2. The molecule has 2 aromatic carbocycles. The summed E-state index contributed by atoms with van der Waals surface area (Å²) in [6.45, 7) is 2.05. The lowest BCUT2D eigenvalue weighted by atomic mass is 10.1. The van der Waals surface area contributed by atoms with Gasteiger partial charge >= 0.3 is 0 Å². The monoisotopic (exact) mass is 357 g/mol. The molecule has 0 saturated carbocycles. The van der Waals surface area contributed by atoms with Crippen molar-refractivity contribution < 1.29 is 18.7 Å². The first-order valence-electron chi connectivity index (χ1n) is 7.62. The van der Waals surface area contributed by atoms with E-state index in [0.717, 1.165) is 33.5 Å². The van der Waals surface area contributed by atoms with Crippen LogP contribution in [0, 0.1) is 12.7 Å². The van der Waals surface area contributed by atoms with Crippen LogP contribution in [0.5, 0.6) is 5.75 Å². The summed E-state index contributed by atoms with van der Waals surface area (Å²) in [6, 6.07) is 11.3. The first kappa shape index (κ1) is 17.2. The van der Waals surface area contributed by atoms with Crippen LogP contribution in [0.2, 0.25) is 0 Å². The van der Waals surface area contributed by atoms with Gasteiger partial charge in [0.25, 0.3) is 11.1 Å². The van der Waals surface area contributed by atoms with Gasteiger partial charge in [0.2, 0.25) is 0 Å². The quantitative estimate of drug-likeness (QED) is 0.762. The third kappa shape index (κ3) is 3.74. The summed E-state index contributed by atoms with van der Waals surface area (Å²) in [7, 11) is 1.59. The predicted octanol–water partition coefficient (Wildman–Crippen LogP) is 4.38. The van der Waals surface area contributed by atoms with Crippen molar-refractivity contribution in [3.8, 4) is 5.75 Å². The van der Waals surface area contributed by atoms with Gasteiger partial charge in [0, 0.05) is 0 Å². The number of aryl methyl sites for hydroxylation is 1. The van der Waals surface area contributed by atoms with E-state index in [-0.39, 0.29) is 23.5 Å². The van der Waals surface area contributed by atoms with Gasteiger partial charge in [0.05, 0.1) is 18.6 Å². The molecule has 1 heterocycles. The number of ether oxygens (including phenoxy) is 1. The van der Waals surface area contributed by atoms with Crippen LogP contribution in [0.1, 0.15) is 16.7 Å². The van der Waals surface area contributed by atoms with Crippen molar-refractivity contribution >= 4 is 29.0 Å². The highest BCUT2D eigenvalue weighted by Crippen LogP contribution is 2.34. The molecule has 0 unspecified atom stereocenters. The van der Waals surface area contributed by atoms with E-state index in [2.05, 4.69) is 0 Å². The highest BCUT2D eigenvalue weighted by Gasteiger charge is 2.34. The van der Waals surface area contributed by atoms with Crippen LogP contribution in [0.3, 0.4) is 0 Å². The van der Waals surface area contributed by atoms with E-state index < -0.39 is 0 Å². The fourth-order valence-electron chi connectivity index (χ4n) is 2.49. The van der Waals surface area contributed by atoms with Crippen molar-refractivity contribution in [2.75, 3.05) is 7.11 Å². The lowest BCUT2D eigenvalue weighted by molar-refractivity contribution is -0.123. The Hall–Kier alpha value is -2.60. The van der Waals surface area contributed by atoms with Gasteiger partial charge in [-0.05, 0) is 59.7 Å². The molecule has 0 aliphatic carbocycles. The molecule has 0 aromatic heterocycles. The number of benzene rings is 2. The summed E-state index contributed by atoms with van der Waals surface area (Å²) in [4.78, 5) is 26.2. The minimum atomic E-state index is -0.355. The van der Waals surface area contributed by atoms with Crippen LogP contribution in [0.25, 0.3) is 6.08 Å². The minimum Gasteiger partial charge on any atom is -0.496 e. The van der Waals surface area contributed by atoms with Crippen molar-refractivity contribution in [1.29, 1.82) is 0 Å². The normalized spacial score (nSPS) is 16.0. The maximum Gasteiger partial charge on any atom is 0.293 e. The maximum absolute atomic E-state index is 13.0. The molecule has 0 atom stereocenters. The number of halogens is 1. The van der Waals surface area contributed by atoms with Gasteiger partial charge in [-0.15, -0.1) is 0 Å². The summed E-state index contributed by atoms with van der Waals surface area (Å²) >= 11 is 0.900. The van der Waals surface area contributed by atoms with E-state index >= 15 is 0 Å². The Morgan fingerprint density at radius 3 is 2.56 bits per heavy atom. The van der Waals surface area contributed by atoms with Crippen LogP contribution in [0.4, 0.5) is 9.18 Å². The molecule has 2 amide bonds. The van der Waals surface area contributed by atoms with Crippen LogP contribution in [-0.2, 0) is 11.3 Å². The number of carbonyl (C=O) groups excluding carboxylic acids is 2. The predicted molar refractivity (Wildman–Crippen MR) is 95.6 cm³/mol. The Morgan fingerprint density at radius 2 is 1.88 bits per heavy atom. The largest absolute Gasteiger partial charge is 0.496 e. The maximum atomic E-state index is 13.0. The summed E-state index contributed by atoms with van der Waals surface area (Å²) in [5, 5.41) is -0.334. The molecule has 0 N–H and O–H groups in total. The number of thioether (sulfide) groups is 1. The Bertz CT molecular complexity index is 861. The van der Waals surface area contributed by atoms with Crippen molar-refractivity contribution in [1.82, 2.24) is 4.90 Å². The second-order valence-corrected chi connectivity index (χ2v) is 6.62. The molecule has 128 valence electrons. The zero-order valence-corrected chi connectivity index (χ0v) is 14.6. The van der Waals surface area contributed by atoms with Gasteiger partial charge in [-0.3, -0.25) is 14.5 Å². The SMILES string of the molecule is COc1cc(/C=C2/SC(=O)N(Cc3ccc(F)cc3)C2=O)ccc1C. The lowest BCUT2D eigenvalue weighted by Crippen LogP contribution is -2.27. The Labute approximate surface area is 149 Å². The molecule has 0 radical (unpaired) electrons. The first-order valence-corrected chi connectivity index (χ1v) is 8.44. The molecule has 4 nitrogen and oxygen atoms in total. The van der Waals surface area contributed by atoms with E-state index in [9.17, 15) is 14.0 Å². The Kier molecular flexibility index (Phi) is 4.90. The fraction of sp³-hybridized carbons (Fsp3) is 0.158. The minimum absolute atomic E-state index is 0.125. The molecular formula is C19H16FNO3S. The van der Waals surface area contributed by atoms with Crippen molar-refractivity contribution in [2.24, 2.45) is 0 Å². The number of imide groups is 1.